The van der Waals surface area contributed by atoms with Crippen LogP contribution in [0.2, 0.25) is 0 Å². The molecule has 11 nitrogen and oxygen atoms in total. The van der Waals surface area contributed by atoms with Gasteiger partial charge in [-0.05, 0) is 38.1 Å². The van der Waals surface area contributed by atoms with E-state index in [-0.39, 0.29) is 17.5 Å². The molecule has 0 aliphatic rings. The summed E-state index contributed by atoms with van der Waals surface area (Å²) >= 11 is 1.26. The van der Waals surface area contributed by atoms with Crippen LogP contribution in [0, 0.1) is 6.92 Å². The van der Waals surface area contributed by atoms with Crippen molar-refractivity contribution in [2.45, 2.75) is 25.2 Å². The van der Waals surface area contributed by atoms with Crippen LogP contribution in [0.1, 0.15) is 24.5 Å². The first-order valence-electron chi connectivity index (χ1n) is 10.1. The summed E-state index contributed by atoms with van der Waals surface area (Å²) in [5.41, 5.74) is 2.16. The minimum Gasteiger partial charge on any atom is -0.494 e. The number of nitrogens with zero attached hydrogens (tertiary/aromatic N) is 4. The van der Waals surface area contributed by atoms with Gasteiger partial charge in [0.2, 0.25) is 21.8 Å². The molecule has 1 aromatic carbocycles. The molecule has 0 bridgehead atoms. The van der Waals surface area contributed by atoms with Gasteiger partial charge in [-0.3, -0.25) is 9.29 Å². The normalized spacial score (nSPS) is 13.4. The largest absolute Gasteiger partial charge is 0.494 e. The van der Waals surface area contributed by atoms with Gasteiger partial charge in [0.1, 0.15) is 34.3 Å². The first kappa shape index (κ1) is 23.7. The molecule has 0 aliphatic heterocycles. The van der Waals surface area contributed by atoms with Gasteiger partial charge in [-0.25, -0.2) is 13.4 Å². The highest BCUT2D eigenvalue weighted by Crippen LogP contribution is 2.38. The number of rotatable bonds is 9. The minimum absolute atomic E-state index is 0.135. The number of para-hydroxylation sites is 1. The number of aliphatic hydroxyl groups is 1. The van der Waals surface area contributed by atoms with Crippen LogP contribution in [0.15, 0.2) is 45.6 Å². The Kier molecular flexibility index (Phi) is 6.59. The molecular weight excluding hydrogens is 482 g/mol. The van der Waals surface area contributed by atoms with Gasteiger partial charge in [0, 0.05) is 5.38 Å². The van der Waals surface area contributed by atoms with Crippen molar-refractivity contribution in [1.82, 2.24) is 19.7 Å². The lowest BCUT2D eigenvalue weighted by atomic mass is 10.2. The van der Waals surface area contributed by atoms with Crippen molar-refractivity contribution in [2.24, 2.45) is 0 Å². The van der Waals surface area contributed by atoms with Gasteiger partial charge in [0.25, 0.3) is 0 Å². The molecule has 4 rings (SSSR count). The van der Waals surface area contributed by atoms with Gasteiger partial charge < -0.3 is 19.0 Å². The fraction of sp³-hybridized carbons (Fsp3) is 0.286. The number of hydrogen-bond acceptors (Lipinski definition) is 10. The second kappa shape index (κ2) is 9.44. The third-order valence-corrected chi connectivity index (χ3v) is 7.48. The molecule has 3 heterocycles. The molecule has 34 heavy (non-hydrogen) atoms. The number of thiazole rings is 1. The van der Waals surface area contributed by atoms with Crippen molar-refractivity contribution < 1.29 is 27.4 Å². The Hall–Kier alpha value is -3.42. The fourth-order valence-electron chi connectivity index (χ4n) is 3.33. The topological polar surface area (TPSA) is 142 Å². The molecule has 0 saturated heterocycles. The van der Waals surface area contributed by atoms with Crippen molar-refractivity contribution in [3.8, 4) is 28.8 Å². The number of ether oxygens (including phenoxy) is 2. The fourth-order valence-corrected chi connectivity index (χ4v) is 4.96. The molecule has 13 heteroatoms. The molecule has 4 aromatic rings. The van der Waals surface area contributed by atoms with Crippen molar-refractivity contribution in [3.05, 3.63) is 52.7 Å². The quantitative estimate of drug-likeness (QED) is 0.351. The van der Waals surface area contributed by atoms with E-state index in [0.717, 1.165) is 0 Å². The Morgan fingerprint density at radius 1 is 1.15 bits per heavy atom. The van der Waals surface area contributed by atoms with E-state index >= 15 is 0 Å². The van der Waals surface area contributed by atoms with Crippen LogP contribution in [-0.4, -0.2) is 52.7 Å². The monoisotopic (exact) mass is 505 g/mol. The molecule has 2 atom stereocenters. The lowest BCUT2D eigenvalue weighted by Gasteiger charge is -2.20. The van der Waals surface area contributed by atoms with Crippen molar-refractivity contribution in [2.75, 3.05) is 18.9 Å². The summed E-state index contributed by atoms with van der Waals surface area (Å²) in [6.45, 7) is 3.16. The average molecular weight is 506 g/mol. The van der Waals surface area contributed by atoms with E-state index < -0.39 is 21.4 Å². The predicted octanol–water partition coefficient (Wildman–Crippen LogP) is 3.17. The van der Waals surface area contributed by atoms with Gasteiger partial charge in [0.15, 0.2) is 5.76 Å². The van der Waals surface area contributed by atoms with E-state index in [4.69, 9.17) is 13.9 Å². The molecule has 0 amide bonds. The summed E-state index contributed by atoms with van der Waals surface area (Å²) in [7, 11) is -1.18. The summed E-state index contributed by atoms with van der Waals surface area (Å²) < 4.78 is 47.1. The molecule has 0 saturated carbocycles. The van der Waals surface area contributed by atoms with Gasteiger partial charge >= 0.3 is 0 Å². The third kappa shape index (κ3) is 4.36. The third-order valence-electron chi connectivity index (χ3n) is 5.17. The standard InChI is InChI=1S/C21H23N5O6S2/c1-12-8-9-17(32-12)20-23-24-21(26(20)18-15(30-3)6-5-7-16(18)31-4)25-34(28,29)13(2)19(27)14-10-33-11-22-14/h5-11,13,19,27H,1-4H3,(H,24,25)/t13-,19-/m0/s1. The Morgan fingerprint density at radius 2 is 1.85 bits per heavy atom. The van der Waals surface area contributed by atoms with Gasteiger partial charge in [-0.15, -0.1) is 21.5 Å². The molecule has 180 valence electrons. The molecule has 0 unspecified atom stereocenters. The summed E-state index contributed by atoms with van der Waals surface area (Å²) in [4.78, 5) is 4.01. The SMILES string of the molecule is COc1cccc(OC)c1-n1c(NS(=O)(=O)[C@@H](C)[C@H](O)c2cscn2)nnc1-c1ccc(C)o1. The highest BCUT2D eigenvalue weighted by atomic mass is 32.2. The maximum absolute atomic E-state index is 13.2. The average Bonchev–Trinajstić information content (AvgIpc) is 3.58. The second-order valence-corrected chi connectivity index (χ2v) is 10.1. The molecule has 0 fully saturated rings. The van der Waals surface area contributed by atoms with Crippen molar-refractivity contribution in [3.63, 3.8) is 0 Å². The summed E-state index contributed by atoms with van der Waals surface area (Å²) in [6.07, 6.45) is -1.34. The van der Waals surface area contributed by atoms with E-state index in [9.17, 15) is 13.5 Å². The number of aryl methyl sites for hydroxylation is 1. The summed E-state index contributed by atoms with van der Waals surface area (Å²) in [6, 6.07) is 8.58. The van der Waals surface area contributed by atoms with E-state index in [1.807, 2.05) is 0 Å². The highest BCUT2D eigenvalue weighted by Gasteiger charge is 2.33. The zero-order valence-electron chi connectivity index (χ0n) is 18.8. The van der Waals surface area contributed by atoms with E-state index in [2.05, 4.69) is 19.9 Å². The van der Waals surface area contributed by atoms with Crippen molar-refractivity contribution in [1.29, 1.82) is 0 Å². The summed E-state index contributed by atoms with van der Waals surface area (Å²) in [5.74, 6) is 1.86. The number of anilines is 1. The number of nitrogens with one attached hydrogen (secondary N) is 1. The van der Waals surface area contributed by atoms with Gasteiger partial charge in [0.05, 0.1) is 25.4 Å². The van der Waals surface area contributed by atoms with Crippen LogP contribution in [-0.2, 0) is 10.0 Å². The van der Waals surface area contributed by atoms with Crippen molar-refractivity contribution >= 4 is 27.3 Å². The van der Waals surface area contributed by atoms with Crippen LogP contribution in [0.25, 0.3) is 17.3 Å². The predicted molar refractivity (Wildman–Crippen MR) is 126 cm³/mol. The van der Waals surface area contributed by atoms with Crippen LogP contribution in [0.4, 0.5) is 5.95 Å². The number of methoxy groups -OCH3 is 2. The number of benzene rings is 1. The maximum Gasteiger partial charge on any atom is 0.243 e. The Bertz CT molecular complexity index is 1360. The number of furan rings is 1. The number of sulfonamides is 1. The summed E-state index contributed by atoms with van der Waals surface area (Å²) in [5, 5.41) is 19.2. The number of aromatic nitrogens is 4. The zero-order chi connectivity index (χ0) is 24.5. The molecule has 0 spiro atoms. The second-order valence-electron chi connectivity index (χ2n) is 7.31. The van der Waals surface area contributed by atoms with E-state index in [0.29, 0.717) is 28.7 Å². The number of aliphatic hydroxyl groups excluding tert-OH is 1. The molecule has 0 aliphatic carbocycles. The molecule has 2 N–H and O–H groups in total. The van der Waals surface area contributed by atoms with Crippen LogP contribution in [0.3, 0.4) is 0 Å². The van der Waals surface area contributed by atoms with Crippen LogP contribution < -0.4 is 14.2 Å². The highest BCUT2D eigenvalue weighted by molar-refractivity contribution is 7.93. The first-order chi connectivity index (χ1) is 16.3. The molecule has 0 radical (unpaired) electrons. The van der Waals surface area contributed by atoms with Crippen LogP contribution in [0.5, 0.6) is 11.5 Å². The van der Waals surface area contributed by atoms with Crippen LogP contribution >= 0.6 is 11.3 Å². The van der Waals surface area contributed by atoms with Gasteiger partial charge in [-0.2, -0.15) is 0 Å². The molecule has 3 aromatic heterocycles. The maximum atomic E-state index is 13.2. The van der Waals surface area contributed by atoms with Gasteiger partial charge in [-0.1, -0.05) is 6.07 Å². The lowest BCUT2D eigenvalue weighted by molar-refractivity contribution is 0.172. The molecular formula is C21H23N5O6S2. The minimum atomic E-state index is -4.14. The smallest absolute Gasteiger partial charge is 0.243 e. The Labute approximate surface area is 200 Å². The Morgan fingerprint density at radius 3 is 2.41 bits per heavy atom. The lowest BCUT2D eigenvalue weighted by Crippen LogP contribution is -2.32. The van der Waals surface area contributed by atoms with E-state index in [1.54, 1.807) is 42.6 Å². The van der Waals surface area contributed by atoms with E-state index in [1.165, 1.54) is 42.6 Å². The first-order valence-corrected chi connectivity index (χ1v) is 12.6. The zero-order valence-corrected chi connectivity index (χ0v) is 20.4. The number of hydrogen-bond donors (Lipinski definition) is 2. The Balaban J connectivity index is 1.84.